The van der Waals surface area contributed by atoms with Crippen LogP contribution < -0.4 is 4.90 Å². The Morgan fingerprint density at radius 1 is 1.10 bits per heavy atom. The molecule has 0 N–H and O–H groups in total. The predicted molar refractivity (Wildman–Crippen MR) is 79.1 cm³/mol. The van der Waals surface area contributed by atoms with Gasteiger partial charge in [-0.05, 0) is 37.1 Å². The van der Waals surface area contributed by atoms with Gasteiger partial charge in [-0.1, -0.05) is 0 Å². The fourth-order valence-corrected chi connectivity index (χ4v) is 2.44. The number of rotatable bonds is 2. The molecule has 0 spiro atoms. The van der Waals surface area contributed by atoms with Gasteiger partial charge < -0.3 is 4.90 Å². The third-order valence-electron chi connectivity index (χ3n) is 3.63. The van der Waals surface area contributed by atoms with Gasteiger partial charge in [0.1, 0.15) is 0 Å². The molecule has 0 atom stereocenters. The number of anilines is 1. The minimum atomic E-state index is 0.167. The number of hydrogen-bond acceptors (Lipinski definition) is 4. The summed E-state index contributed by atoms with van der Waals surface area (Å²) in [6, 6.07) is 8.12. The molecule has 102 valence electrons. The number of carbonyl (C=O) groups is 1. The maximum Gasteiger partial charge on any atom is 0.166 e. The molecule has 0 saturated carbocycles. The van der Waals surface area contributed by atoms with E-state index in [9.17, 15) is 4.79 Å². The van der Waals surface area contributed by atoms with Crippen molar-refractivity contribution < 1.29 is 4.79 Å². The first-order valence-corrected chi connectivity index (χ1v) is 6.82. The molecule has 0 bridgehead atoms. The van der Waals surface area contributed by atoms with Gasteiger partial charge in [-0.3, -0.25) is 4.79 Å². The summed E-state index contributed by atoms with van der Waals surface area (Å²) in [5.41, 5.74) is 3.71. The van der Waals surface area contributed by atoms with Crippen LogP contribution in [-0.2, 0) is 6.42 Å². The Hall–Kier alpha value is -2.23. The summed E-state index contributed by atoms with van der Waals surface area (Å²) in [6.07, 6.45) is 4.06. The molecule has 4 heteroatoms. The molecule has 3 rings (SSSR count). The molecule has 0 radical (unpaired) electrons. The first-order valence-electron chi connectivity index (χ1n) is 6.82. The van der Waals surface area contributed by atoms with E-state index in [1.165, 1.54) is 0 Å². The van der Waals surface area contributed by atoms with Gasteiger partial charge in [0.05, 0.1) is 11.3 Å². The van der Waals surface area contributed by atoms with Crippen LogP contribution in [0.15, 0.2) is 30.5 Å². The van der Waals surface area contributed by atoms with E-state index >= 15 is 0 Å². The minimum Gasteiger partial charge on any atom is -0.378 e. The van der Waals surface area contributed by atoms with Crippen molar-refractivity contribution in [3.05, 3.63) is 41.7 Å². The van der Waals surface area contributed by atoms with Gasteiger partial charge in [0.25, 0.3) is 0 Å². The van der Waals surface area contributed by atoms with Gasteiger partial charge in [0, 0.05) is 38.0 Å². The Labute approximate surface area is 118 Å². The van der Waals surface area contributed by atoms with Crippen molar-refractivity contribution in [2.75, 3.05) is 19.0 Å². The second kappa shape index (κ2) is 5.04. The van der Waals surface area contributed by atoms with Crippen LogP contribution in [0, 0.1) is 0 Å². The Morgan fingerprint density at radius 2 is 1.85 bits per heavy atom. The van der Waals surface area contributed by atoms with Gasteiger partial charge in [-0.25, -0.2) is 9.97 Å². The maximum atomic E-state index is 11.8. The van der Waals surface area contributed by atoms with Crippen LogP contribution in [0.1, 0.15) is 28.9 Å². The first kappa shape index (κ1) is 12.8. The lowest BCUT2D eigenvalue weighted by molar-refractivity contribution is 0.0971. The summed E-state index contributed by atoms with van der Waals surface area (Å²) in [5.74, 6) is 0.865. The lowest BCUT2D eigenvalue weighted by Crippen LogP contribution is -2.13. The van der Waals surface area contributed by atoms with Crippen molar-refractivity contribution >= 4 is 11.5 Å². The Bertz CT molecular complexity index is 647. The zero-order valence-electron chi connectivity index (χ0n) is 11.8. The van der Waals surface area contributed by atoms with Crippen LogP contribution in [-0.4, -0.2) is 29.8 Å². The van der Waals surface area contributed by atoms with Crippen molar-refractivity contribution in [3.8, 4) is 11.4 Å². The summed E-state index contributed by atoms with van der Waals surface area (Å²) < 4.78 is 0. The Morgan fingerprint density at radius 3 is 2.55 bits per heavy atom. The Balaban J connectivity index is 1.96. The zero-order chi connectivity index (χ0) is 14.1. The van der Waals surface area contributed by atoms with Crippen molar-refractivity contribution in [3.63, 3.8) is 0 Å². The molecule has 1 aromatic heterocycles. The number of Topliss-reactive ketones (excluding diaryl/α,β-unsaturated/α-hetero) is 1. The number of carbonyl (C=O) groups excluding carboxylic acids is 1. The number of ketones is 1. The smallest absolute Gasteiger partial charge is 0.166 e. The van der Waals surface area contributed by atoms with Crippen LogP contribution in [0.4, 0.5) is 5.69 Å². The van der Waals surface area contributed by atoms with Crippen molar-refractivity contribution in [2.45, 2.75) is 19.3 Å². The van der Waals surface area contributed by atoms with Gasteiger partial charge >= 0.3 is 0 Å². The summed E-state index contributed by atoms with van der Waals surface area (Å²) in [7, 11) is 4.02. The van der Waals surface area contributed by atoms with E-state index < -0.39 is 0 Å². The van der Waals surface area contributed by atoms with Crippen LogP contribution in [0.3, 0.4) is 0 Å². The molecule has 2 aromatic rings. The molecule has 0 saturated heterocycles. The fourth-order valence-electron chi connectivity index (χ4n) is 2.44. The third-order valence-corrected chi connectivity index (χ3v) is 3.63. The van der Waals surface area contributed by atoms with E-state index in [2.05, 4.69) is 14.9 Å². The van der Waals surface area contributed by atoms with Crippen molar-refractivity contribution in [1.82, 2.24) is 9.97 Å². The highest BCUT2D eigenvalue weighted by molar-refractivity contribution is 5.97. The quantitative estimate of drug-likeness (QED) is 0.839. The maximum absolute atomic E-state index is 11.8. The number of aryl methyl sites for hydroxylation is 1. The molecule has 1 aliphatic carbocycles. The second-order valence-corrected chi connectivity index (χ2v) is 5.27. The van der Waals surface area contributed by atoms with Crippen LogP contribution in [0.2, 0.25) is 0 Å². The number of aromatic nitrogens is 2. The van der Waals surface area contributed by atoms with E-state index in [0.29, 0.717) is 17.8 Å². The van der Waals surface area contributed by atoms with Gasteiger partial charge in [-0.15, -0.1) is 0 Å². The number of nitrogens with zero attached hydrogens (tertiary/aromatic N) is 3. The summed E-state index contributed by atoms with van der Waals surface area (Å²) >= 11 is 0. The molecule has 0 aliphatic heterocycles. The highest BCUT2D eigenvalue weighted by Crippen LogP contribution is 2.23. The molecule has 1 aromatic carbocycles. The number of hydrogen-bond donors (Lipinski definition) is 0. The standard InChI is InChI=1S/C16H17N3O/c1-19(2)12-8-6-11(7-9-12)16-17-10-13-14(18-16)4-3-5-15(13)20/h6-10H,3-5H2,1-2H3. The van der Waals surface area contributed by atoms with Gasteiger partial charge in [-0.2, -0.15) is 0 Å². The minimum absolute atomic E-state index is 0.167. The van der Waals surface area contributed by atoms with Gasteiger partial charge in [0.15, 0.2) is 11.6 Å². The first-order chi connectivity index (χ1) is 9.65. The van der Waals surface area contributed by atoms with Crippen molar-refractivity contribution in [1.29, 1.82) is 0 Å². The number of fused-ring (bicyclic) bond motifs is 1. The molecular formula is C16H17N3O. The predicted octanol–water partition coefficient (Wildman–Crippen LogP) is 2.73. The second-order valence-electron chi connectivity index (χ2n) is 5.27. The summed E-state index contributed by atoms with van der Waals surface area (Å²) in [5, 5.41) is 0. The average Bonchev–Trinajstić information content (AvgIpc) is 2.47. The molecule has 0 fully saturated rings. The fraction of sp³-hybridized carbons (Fsp3) is 0.312. The summed E-state index contributed by atoms with van der Waals surface area (Å²) in [6.45, 7) is 0. The zero-order valence-corrected chi connectivity index (χ0v) is 11.8. The van der Waals surface area contributed by atoms with E-state index in [1.54, 1.807) is 6.20 Å². The highest BCUT2D eigenvalue weighted by atomic mass is 16.1. The third kappa shape index (κ3) is 2.29. The lowest BCUT2D eigenvalue weighted by atomic mass is 9.96. The molecule has 1 heterocycles. The van der Waals surface area contributed by atoms with Crippen LogP contribution in [0.5, 0.6) is 0 Å². The largest absolute Gasteiger partial charge is 0.378 e. The summed E-state index contributed by atoms with van der Waals surface area (Å²) in [4.78, 5) is 22.7. The monoisotopic (exact) mass is 267 g/mol. The van der Waals surface area contributed by atoms with E-state index in [-0.39, 0.29) is 5.78 Å². The van der Waals surface area contributed by atoms with Crippen LogP contribution >= 0.6 is 0 Å². The average molecular weight is 267 g/mol. The molecule has 1 aliphatic rings. The molecule has 0 unspecified atom stereocenters. The number of benzene rings is 1. The molecule has 0 amide bonds. The molecule has 4 nitrogen and oxygen atoms in total. The normalized spacial score (nSPS) is 14.0. The molecular weight excluding hydrogens is 250 g/mol. The Kier molecular flexibility index (Phi) is 3.22. The van der Waals surface area contributed by atoms with Crippen molar-refractivity contribution in [2.24, 2.45) is 0 Å². The van der Waals surface area contributed by atoms with E-state index in [1.807, 2.05) is 38.4 Å². The lowest BCUT2D eigenvalue weighted by Gasteiger charge is -2.15. The molecule has 20 heavy (non-hydrogen) atoms. The van der Waals surface area contributed by atoms with E-state index in [0.717, 1.165) is 29.8 Å². The van der Waals surface area contributed by atoms with Crippen LogP contribution in [0.25, 0.3) is 11.4 Å². The topological polar surface area (TPSA) is 46.1 Å². The van der Waals surface area contributed by atoms with Gasteiger partial charge in [0.2, 0.25) is 0 Å². The highest BCUT2D eigenvalue weighted by Gasteiger charge is 2.19. The van der Waals surface area contributed by atoms with E-state index in [4.69, 9.17) is 0 Å². The SMILES string of the molecule is CN(C)c1ccc(-c2ncc3c(n2)CCCC3=O)cc1.